The van der Waals surface area contributed by atoms with E-state index in [4.69, 9.17) is 16.3 Å². The Balaban J connectivity index is 1.50. The van der Waals surface area contributed by atoms with E-state index in [2.05, 4.69) is 10.4 Å². The van der Waals surface area contributed by atoms with Gasteiger partial charge in [0.25, 0.3) is 11.5 Å². The van der Waals surface area contributed by atoms with Crippen molar-refractivity contribution in [1.82, 2.24) is 9.78 Å². The van der Waals surface area contributed by atoms with Crippen molar-refractivity contribution in [2.75, 3.05) is 5.32 Å². The van der Waals surface area contributed by atoms with Gasteiger partial charge in [-0.05, 0) is 66.6 Å². The maximum atomic E-state index is 13.3. The number of hydrogen-bond donors (Lipinski definition) is 1. The van der Waals surface area contributed by atoms with Crippen LogP contribution in [0.2, 0.25) is 5.02 Å². The molecule has 0 saturated carbocycles. The van der Waals surface area contributed by atoms with E-state index in [1.807, 2.05) is 13.0 Å². The van der Waals surface area contributed by atoms with Gasteiger partial charge in [0.15, 0.2) is 0 Å². The molecule has 1 aromatic heterocycles. The smallest absolute Gasteiger partial charge is 0.271 e. The highest BCUT2D eigenvalue weighted by atomic mass is 35.5. The van der Waals surface area contributed by atoms with Crippen molar-refractivity contribution < 1.29 is 13.9 Å². The van der Waals surface area contributed by atoms with Crippen LogP contribution >= 0.6 is 11.6 Å². The standard InChI is InChI=1S/C25H19ClFN3O3/c1-16-5-8-19(26)14-22(16)28-25(32)18-6-9-21(10-7-18)30-24(31)12-11-23(29-30)33-15-17-3-2-4-20(27)13-17/h2-14H,15H2,1H3,(H,28,32). The lowest BCUT2D eigenvalue weighted by atomic mass is 10.1. The van der Waals surface area contributed by atoms with Crippen LogP contribution in [0.4, 0.5) is 10.1 Å². The van der Waals surface area contributed by atoms with Gasteiger partial charge in [0.2, 0.25) is 5.88 Å². The van der Waals surface area contributed by atoms with Crippen molar-refractivity contribution in [2.24, 2.45) is 0 Å². The minimum absolute atomic E-state index is 0.102. The summed E-state index contributed by atoms with van der Waals surface area (Å²) >= 11 is 6.01. The Morgan fingerprint density at radius 1 is 1.06 bits per heavy atom. The van der Waals surface area contributed by atoms with Crippen LogP contribution < -0.4 is 15.6 Å². The van der Waals surface area contributed by atoms with E-state index in [0.717, 1.165) is 5.56 Å². The Morgan fingerprint density at radius 2 is 1.85 bits per heavy atom. The SMILES string of the molecule is Cc1ccc(Cl)cc1NC(=O)c1ccc(-n2nc(OCc3cccc(F)c3)ccc2=O)cc1. The van der Waals surface area contributed by atoms with Crippen molar-refractivity contribution in [3.05, 3.63) is 117 Å². The number of nitrogens with zero attached hydrogens (tertiary/aromatic N) is 2. The molecular formula is C25H19ClFN3O3. The molecule has 6 nitrogen and oxygen atoms in total. The number of hydrogen-bond acceptors (Lipinski definition) is 4. The lowest BCUT2D eigenvalue weighted by molar-refractivity contribution is 0.102. The highest BCUT2D eigenvalue weighted by Crippen LogP contribution is 2.21. The van der Waals surface area contributed by atoms with Crippen LogP contribution in [0.15, 0.2) is 83.7 Å². The number of nitrogens with one attached hydrogen (secondary N) is 1. The molecule has 0 radical (unpaired) electrons. The highest BCUT2D eigenvalue weighted by Gasteiger charge is 2.10. The topological polar surface area (TPSA) is 73.2 Å². The summed E-state index contributed by atoms with van der Waals surface area (Å²) in [5.41, 5.74) is 2.66. The number of aryl methyl sites for hydroxylation is 1. The number of ether oxygens (including phenoxy) is 1. The van der Waals surface area contributed by atoms with Crippen LogP contribution in [0.25, 0.3) is 5.69 Å². The molecule has 33 heavy (non-hydrogen) atoms. The number of carbonyl (C=O) groups excluding carboxylic acids is 1. The molecule has 0 aliphatic heterocycles. The lowest BCUT2D eigenvalue weighted by Gasteiger charge is -2.11. The van der Waals surface area contributed by atoms with Gasteiger partial charge in [0.05, 0.1) is 5.69 Å². The molecule has 3 aromatic carbocycles. The number of carbonyl (C=O) groups is 1. The Morgan fingerprint density at radius 3 is 2.61 bits per heavy atom. The molecule has 8 heteroatoms. The van der Waals surface area contributed by atoms with E-state index >= 15 is 0 Å². The van der Waals surface area contributed by atoms with E-state index < -0.39 is 0 Å². The quantitative estimate of drug-likeness (QED) is 0.428. The molecule has 4 aromatic rings. The molecule has 1 amide bonds. The van der Waals surface area contributed by atoms with Crippen LogP contribution in [0, 0.1) is 12.7 Å². The number of amides is 1. The van der Waals surface area contributed by atoms with E-state index in [0.29, 0.717) is 27.5 Å². The monoisotopic (exact) mass is 463 g/mol. The molecule has 0 saturated heterocycles. The van der Waals surface area contributed by atoms with Crippen molar-refractivity contribution in [2.45, 2.75) is 13.5 Å². The Kier molecular flexibility index (Phi) is 6.51. The minimum Gasteiger partial charge on any atom is -0.472 e. The summed E-state index contributed by atoms with van der Waals surface area (Å²) in [6, 6.07) is 20.5. The first-order chi connectivity index (χ1) is 15.9. The van der Waals surface area contributed by atoms with Crippen LogP contribution in [-0.4, -0.2) is 15.7 Å². The second-order valence-corrected chi connectivity index (χ2v) is 7.74. The number of aromatic nitrogens is 2. The predicted octanol–water partition coefficient (Wildman–Crippen LogP) is 5.16. The molecule has 0 fully saturated rings. The van der Waals surface area contributed by atoms with Crippen LogP contribution in [0.3, 0.4) is 0 Å². The van der Waals surface area contributed by atoms with Gasteiger partial charge in [0, 0.05) is 28.4 Å². The van der Waals surface area contributed by atoms with Crippen molar-refractivity contribution >= 4 is 23.2 Å². The number of benzene rings is 3. The van der Waals surface area contributed by atoms with Crippen molar-refractivity contribution in [3.8, 4) is 11.6 Å². The molecular weight excluding hydrogens is 445 g/mol. The molecule has 0 spiro atoms. The van der Waals surface area contributed by atoms with Gasteiger partial charge in [-0.2, -0.15) is 4.68 Å². The fraction of sp³-hybridized carbons (Fsp3) is 0.0800. The Bertz CT molecular complexity index is 1370. The molecule has 1 heterocycles. The van der Waals surface area contributed by atoms with Gasteiger partial charge >= 0.3 is 0 Å². The van der Waals surface area contributed by atoms with Gasteiger partial charge in [-0.25, -0.2) is 4.39 Å². The summed E-state index contributed by atoms with van der Waals surface area (Å²) in [5, 5.41) is 7.57. The summed E-state index contributed by atoms with van der Waals surface area (Å²) in [6.07, 6.45) is 0. The zero-order chi connectivity index (χ0) is 23.4. The highest BCUT2D eigenvalue weighted by molar-refractivity contribution is 6.31. The van der Waals surface area contributed by atoms with Gasteiger partial charge in [0.1, 0.15) is 12.4 Å². The zero-order valence-corrected chi connectivity index (χ0v) is 18.3. The molecule has 0 bridgehead atoms. The zero-order valence-electron chi connectivity index (χ0n) is 17.6. The van der Waals surface area contributed by atoms with E-state index in [1.54, 1.807) is 48.5 Å². The number of anilines is 1. The van der Waals surface area contributed by atoms with Gasteiger partial charge < -0.3 is 10.1 Å². The maximum Gasteiger partial charge on any atom is 0.271 e. The van der Waals surface area contributed by atoms with Gasteiger partial charge in [-0.15, -0.1) is 5.10 Å². The van der Waals surface area contributed by atoms with E-state index in [1.165, 1.54) is 28.9 Å². The van der Waals surface area contributed by atoms with Crippen molar-refractivity contribution in [1.29, 1.82) is 0 Å². The summed E-state index contributed by atoms with van der Waals surface area (Å²) in [6.45, 7) is 1.97. The summed E-state index contributed by atoms with van der Waals surface area (Å²) < 4.78 is 20.1. The molecule has 0 unspecified atom stereocenters. The van der Waals surface area contributed by atoms with Gasteiger partial charge in [-0.1, -0.05) is 29.8 Å². The first-order valence-corrected chi connectivity index (χ1v) is 10.4. The second kappa shape index (κ2) is 9.67. The third kappa shape index (κ3) is 5.45. The predicted molar refractivity (Wildman–Crippen MR) is 125 cm³/mol. The van der Waals surface area contributed by atoms with Crippen LogP contribution in [0.5, 0.6) is 5.88 Å². The number of rotatable bonds is 6. The fourth-order valence-corrected chi connectivity index (χ4v) is 3.29. The fourth-order valence-electron chi connectivity index (χ4n) is 3.12. The first kappa shape index (κ1) is 22.2. The third-order valence-corrected chi connectivity index (χ3v) is 5.11. The second-order valence-electron chi connectivity index (χ2n) is 7.30. The van der Waals surface area contributed by atoms with Crippen LogP contribution in [-0.2, 0) is 6.61 Å². The first-order valence-electron chi connectivity index (χ1n) is 10.0. The Hall–Kier alpha value is -3.97. The van der Waals surface area contributed by atoms with Crippen molar-refractivity contribution in [3.63, 3.8) is 0 Å². The molecule has 0 atom stereocenters. The average Bonchev–Trinajstić information content (AvgIpc) is 2.81. The lowest BCUT2D eigenvalue weighted by Crippen LogP contribution is -2.21. The summed E-state index contributed by atoms with van der Waals surface area (Å²) in [4.78, 5) is 24.9. The minimum atomic E-state index is -0.361. The summed E-state index contributed by atoms with van der Waals surface area (Å²) in [5.74, 6) is -0.458. The molecule has 0 aliphatic rings. The largest absolute Gasteiger partial charge is 0.472 e. The van der Waals surface area contributed by atoms with E-state index in [9.17, 15) is 14.0 Å². The normalized spacial score (nSPS) is 10.6. The molecule has 4 rings (SSSR count). The number of halogens is 2. The van der Waals surface area contributed by atoms with Crippen LogP contribution in [0.1, 0.15) is 21.5 Å². The molecule has 1 N–H and O–H groups in total. The molecule has 166 valence electrons. The van der Waals surface area contributed by atoms with Gasteiger partial charge in [-0.3, -0.25) is 9.59 Å². The molecule has 0 aliphatic carbocycles. The third-order valence-electron chi connectivity index (χ3n) is 4.87. The average molecular weight is 464 g/mol. The summed E-state index contributed by atoms with van der Waals surface area (Å²) in [7, 11) is 0. The Labute approximate surface area is 194 Å². The maximum absolute atomic E-state index is 13.3. The van der Waals surface area contributed by atoms with E-state index in [-0.39, 0.29) is 29.8 Å².